The Balaban J connectivity index is 2.02. The first-order chi connectivity index (χ1) is 9.10. The van der Waals surface area contributed by atoms with Gasteiger partial charge in [0.2, 0.25) is 5.95 Å². The molecular weight excluding hydrogens is 318 g/mol. The highest BCUT2D eigenvalue weighted by Gasteiger charge is 2.35. The number of halogens is 1. The molecule has 9 heteroatoms. The van der Waals surface area contributed by atoms with Crippen LogP contribution in [0.1, 0.15) is 12.6 Å². The van der Waals surface area contributed by atoms with E-state index < -0.39 is 18.4 Å². The Morgan fingerprint density at radius 3 is 3.00 bits per heavy atom. The number of rotatable bonds is 2. The lowest BCUT2D eigenvalue weighted by atomic mass is 10.2. The van der Waals surface area contributed by atoms with Crippen molar-refractivity contribution in [2.75, 3.05) is 12.3 Å². The van der Waals surface area contributed by atoms with Gasteiger partial charge in [0.1, 0.15) is 22.5 Å². The maximum absolute atomic E-state index is 9.75. The second-order valence-electron chi connectivity index (χ2n) is 4.31. The molecule has 0 aromatic carbocycles. The molecule has 3 atom stereocenters. The number of nitrogens with zero attached hydrogens (tertiary/aromatic N) is 4. The van der Waals surface area contributed by atoms with Crippen molar-refractivity contribution in [3.05, 3.63) is 10.9 Å². The van der Waals surface area contributed by atoms with Crippen molar-refractivity contribution in [2.24, 2.45) is 0 Å². The maximum Gasteiger partial charge on any atom is 0.223 e. The van der Waals surface area contributed by atoms with Gasteiger partial charge in [-0.2, -0.15) is 4.98 Å². The summed E-state index contributed by atoms with van der Waals surface area (Å²) in [6.07, 6.45) is 0.178. The third-order valence-electron chi connectivity index (χ3n) is 3.09. The van der Waals surface area contributed by atoms with E-state index in [0.717, 1.165) is 0 Å². The fourth-order valence-corrected chi connectivity index (χ4v) is 2.62. The molecule has 0 spiro atoms. The predicted octanol–water partition coefficient (Wildman–Crippen LogP) is -0.188. The van der Waals surface area contributed by atoms with E-state index in [0.29, 0.717) is 22.2 Å². The van der Waals surface area contributed by atoms with Crippen LogP contribution in [-0.4, -0.2) is 48.5 Å². The van der Waals surface area contributed by atoms with E-state index in [1.165, 1.54) is 0 Å². The van der Waals surface area contributed by atoms with Crippen molar-refractivity contribution < 1.29 is 14.9 Å². The molecule has 0 radical (unpaired) electrons. The van der Waals surface area contributed by atoms with Gasteiger partial charge in [0.25, 0.3) is 0 Å². The van der Waals surface area contributed by atoms with E-state index in [-0.39, 0.29) is 12.6 Å². The second-order valence-corrected chi connectivity index (χ2v) is 5.06. The molecule has 4 N–H and O–H groups in total. The SMILES string of the molecule is Nc1nc(Br)c2ncn([C@H]3C[C@H](O)[C@@H](CO)O3)c2n1. The summed E-state index contributed by atoms with van der Waals surface area (Å²) in [6.45, 7) is -0.231. The molecular formula is C10H12BrN5O3. The molecule has 1 saturated heterocycles. The molecule has 0 amide bonds. The summed E-state index contributed by atoms with van der Waals surface area (Å²) < 4.78 is 7.74. The Kier molecular flexibility index (Phi) is 3.13. The minimum atomic E-state index is -0.713. The van der Waals surface area contributed by atoms with Crippen molar-refractivity contribution in [1.82, 2.24) is 19.5 Å². The average molecular weight is 330 g/mol. The van der Waals surface area contributed by atoms with Gasteiger partial charge in [0.15, 0.2) is 5.65 Å². The zero-order valence-electron chi connectivity index (χ0n) is 9.77. The van der Waals surface area contributed by atoms with Crippen molar-refractivity contribution in [3.63, 3.8) is 0 Å². The Hall–Kier alpha value is -1.29. The molecule has 102 valence electrons. The van der Waals surface area contributed by atoms with Crippen molar-refractivity contribution >= 4 is 33.0 Å². The van der Waals surface area contributed by atoms with Gasteiger partial charge in [-0.1, -0.05) is 0 Å². The maximum atomic E-state index is 9.75. The molecule has 3 rings (SSSR count). The van der Waals surface area contributed by atoms with Crippen LogP contribution in [0.5, 0.6) is 0 Å². The van der Waals surface area contributed by atoms with E-state index in [2.05, 4.69) is 30.9 Å². The van der Waals surface area contributed by atoms with Gasteiger partial charge >= 0.3 is 0 Å². The van der Waals surface area contributed by atoms with Gasteiger partial charge in [0.05, 0.1) is 19.0 Å². The largest absolute Gasteiger partial charge is 0.394 e. The van der Waals surface area contributed by atoms with E-state index >= 15 is 0 Å². The van der Waals surface area contributed by atoms with Crippen LogP contribution in [0, 0.1) is 0 Å². The van der Waals surface area contributed by atoms with Crippen molar-refractivity contribution in [2.45, 2.75) is 24.9 Å². The summed E-state index contributed by atoms with van der Waals surface area (Å²) in [7, 11) is 0. The predicted molar refractivity (Wildman–Crippen MR) is 69.1 cm³/mol. The number of aliphatic hydroxyl groups is 2. The van der Waals surface area contributed by atoms with Gasteiger partial charge < -0.3 is 20.7 Å². The van der Waals surface area contributed by atoms with E-state index in [1.807, 2.05) is 0 Å². The molecule has 19 heavy (non-hydrogen) atoms. The molecule has 8 nitrogen and oxygen atoms in total. The third kappa shape index (κ3) is 2.08. The first-order valence-corrected chi connectivity index (χ1v) is 6.49. The highest BCUT2D eigenvalue weighted by Crippen LogP contribution is 2.31. The Morgan fingerprint density at radius 1 is 1.53 bits per heavy atom. The molecule has 1 aliphatic rings. The quantitative estimate of drug-likeness (QED) is 0.653. The lowest BCUT2D eigenvalue weighted by Crippen LogP contribution is -2.24. The number of imidazole rings is 1. The Labute approximate surface area is 116 Å². The van der Waals surface area contributed by atoms with Crippen LogP contribution >= 0.6 is 15.9 Å². The van der Waals surface area contributed by atoms with E-state index in [4.69, 9.17) is 15.6 Å². The third-order valence-corrected chi connectivity index (χ3v) is 3.64. The molecule has 2 aromatic rings. The summed E-state index contributed by atoms with van der Waals surface area (Å²) in [5.74, 6) is 0.123. The van der Waals surface area contributed by atoms with Crippen LogP contribution in [0.3, 0.4) is 0 Å². The highest BCUT2D eigenvalue weighted by atomic mass is 79.9. The number of fused-ring (bicyclic) bond motifs is 1. The summed E-state index contributed by atoms with van der Waals surface area (Å²) >= 11 is 3.27. The lowest BCUT2D eigenvalue weighted by Gasteiger charge is -2.13. The van der Waals surface area contributed by atoms with Crippen LogP contribution in [-0.2, 0) is 4.74 Å². The van der Waals surface area contributed by atoms with Crippen molar-refractivity contribution in [1.29, 1.82) is 0 Å². The number of anilines is 1. The minimum Gasteiger partial charge on any atom is -0.394 e. The Bertz CT molecular complexity index is 618. The first-order valence-electron chi connectivity index (χ1n) is 5.70. The van der Waals surface area contributed by atoms with Crippen LogP contribution in [0.15, 0.2) is 10.9 Å². The van der Waals surface area contributed by atoms with Gasteiger partial charge in [-0.25, -0.2) is 9.97 Å². The topological polar surface area (TPSA) is 119 Å². The standard InChI is InChI=1S/C10H12BrN5O3/c11-8-7-9(15-10(12)14-8)16(3-13-7)6-1-4(18)5(2-17)19-6/h3-6,17-18H,1-2H2,(H2,12,14,15)/t4-,5+,6+/m0/s1. The fourth-order valence-electron chi connectivity index (χ4n) is 2.16. The molecule has 0 aliphatic carbocycles. The van der Waals surface area contributed by atoms with Crippen LogP contribution in [0.25, 0.3) is 11.2 Å². The number of aliphatic hydroxyl groups excluding tert-OH is 2. The van der Waals surface area contributed by atoms with Gasteiger partial charge in [-0.15, -0.1) is 0 Å². The monoisotopic (exact) mass is 329 g/mol. The van der Waals surface area contributed by atoms with Crippen molar-refractivity contribution in [3.8, 4) is 0 Å². The van der Waals surface area contributed by atoms with Gasteiger partial charge in [-0.05, 0) is 15.9 Å². The van der Waals surface area contributed by atoms with Gasteiger partial charge in [-0.3, -0.25) is 4.57 Å². The van der Waals surface area contributed by atoms with Crippen LogP contribution in [0.2, 0.25) is 0 Å². The van der Waals surface area contributed by atoms with Crippen LogP contribution in [0.4, 0.5) is 5.95 Å². The zero-order chi connectivity index (χ0) is 13.6. The minimum absolute atomic E-state index is 0.123. The summed E-state index contributed by atoms with van der Waals surface area (Å²) in [5, 5.41) is 18.8. The molecule has 0 unspecified atom stereocenters. The lowest BCUT2D eigenvalue weighted by molar-refractivity contribution is -0.0432. The van der Waals surface area contributed by atoms with Gasteiger partial charge in [0, 0.05) is 6.42 Å². The Morgan fingerprint density at radius 2 is 2.32 bits per heavy atom. The van der Waals surface area contributed by atoms with Crippen LogP contribution < -0.4 is 5.73 Å². The molecule has 1 fully saturated rings. The fraction of sp³-hybridized carbons (Fsp3) is 0.500. The van der Waals surface area contributed by atoms with E-state index in [9.17, 15) is 5.11 Å². The molecule has 0 bridgehead atoms. The number of ether oxygens (including phenoxy) is 1. The summed E-state index contributed by atoms with van der Waals surface area (Å²) in [4.78, 5) is 12.3. The smallest absolute Gasteiger partial charge is 0.223 e. The second kappa shape index (κ2) is 4.67. The summed E-state index contributed by atoms with van der Waals surface area (Å²) in [6, 6.07) is 0. The number of hydrogen-bond acceptors (Lipinski definition) is 7. The molecule has 2 aromatic heterocycles. The molecule has 0 saturated carbocycles. The average Bonchev–Trinajstić information content (AvgIpc) is 2.92. The normalized spacial score (nSPS) is 27.2. The highest BCUT2D eigenvalue weighted by molar-refractivity contribution is 9.10. The van der Waals surface area contributed by atoms with E-state index in [1.54, 1.807) is 10.9 Å². The summed E-state index contributed by atoms with van der Waals surface area (Å²) in [5.41, 5.74) is 6.70. The first kappa shape index (κ1) is 12.7. The number of aromatic nitrogens is 4. The zero-order valence-corrected chi connectivity index (χ0v) is 11.4. The number of nitrogens with two attached hydrogens (primary N) is 1. The molecule has 1 aliphatic heterocycles. The number of hydrogen-bond donors (Lipinski definition) is 3. The number of nitrogen functional groups attached to an aromatic ring is 1. The molecule has 3 heterocycles.